The lowest BCUT2D eigenvalue weighted by Crippen LogP contribution is -1.77. The molecule has 0 saturated heterocycles. The van der Waals surface area contributed by atoms with Crippen molar-refractivity contribution < 1.29 is 0 Å². The summed E-state index contributed by atoms with van der Waals surface area (Å²) >= 11 is 5.69. The van der Waals surface area contributed by atoms with Crippen LogP contribution < -0.4 is 0 Å². The second-order valence-corrected chi connectivity index (χ2v) is 2.64. The number of fused-ring (bicyclic) bond motifs is 1. The number of nitrogens with zero attached hydrogens (tertiary/aromatic N) is 1. The van der Waals surface area contributed by atoms with E-state index in [0.29, 0.717) is 5.15 Å². The van der Waals surface area contributed by atoms with Gasteiger partial charge in [-0.2, -0.15) is 0 Å². The molecule has 2 aromatic rings. The van der Waals surface area contributed by atoms with Crippen LogP contribution in [0.2, 0.25) is 5.15 Å². The van der Waals surface area contributed by atoms with Crippen molar-refractivity contribution in [1.29, 1.82) is 0 Å². The van der Waals surface area contributed by atoms with Crippen LogP contribution in [0.3, 0.4) is 0 Å². The van der Waals surface area contributed by atoms with E-state index in [4.69, 9.17) is 11.6 Å². The lowest BCUT2D eigenvalue weighted by atomic mass is 10.2. The molecule has 0 atom stereocenters. The van der Waals surface area contributed by atoms with E-state index in [2.05, 4.69) is 11.1 Å². The highest BCUT2D eigenvalue weighted by atomic mass is 35.5. The minimum atomic E-state index is 0.525. The SMILES string of the molecule is Clc1ccc2cc[c]cc2n1. The zero-order chi connectivity index (χ0) is 7.68. The number of halogens is 1. The predicted octanol–water partition coefficient (Wildman–Crippen LogP) is 2.69. The van der Waals surface area contributed by atoms with Crippen LogP contribution >= 0.6 is 11.6 Å². The maximum absolute atomic E-state index is 5.69. The molecule has 1 nitrogen and oxygen atoms in total. The third kappa shape index (κ3) is 1.19. The van der Waals surface area contributed by atoms with Crippen LogP contribution in [0.5, 0.6) is 0 Å². The van der Waals surface area contributed by atoms with Crippen LogP contribution in [0.15, 0.2) is 30.3 Å². The van der Waals surface area contributed by atoms with E-state index in [9.17, 15) is 0 Å². The topological polar surface area (TPSA) is 12.9 Å². The molecule has 0 fully saturated rings. The van der Waals surface area contributed by atoms with Gasteiger partial charge in [-0.05, 0) is 24.3 Å². The molecule has 1 aromatic carbocycles. The van der Waals surface area contributed by atoms with E-state index >= 15 is 0 Å². The quantitative estimate of drug-likeness (QED) is 0.543. The Morgan fingerprint density at radius 1 is 1.27 bits per heavy atom. The Hall–Kier alpha value is -1.08. The van der Waals surface area contributed by atoms with Gasteiger partial charge in [-0.25, -0.2) is 4.98 Å². The van der Waals surface area contributed by atoms with Gasteiger partial charge in [-0.3, -0.25) is 0 Å². The van der Waals surface area contributed by atoms with Gasteiger partial charge in [0.1, 0.15) is 5.15 Å². The van der Waals surface area contributed by atoms with Crippen LogP contribution in [0.1, 0.15) is 0 Å². The van der Waals surface area contributed by atoms with E-state index in [1.165, 1.54) is 0 Å². The zero-order valence-corrected chi connectivity index (χ0v) is 6.47. The van der Waals surface area contributed by atoms with Crippen molar-refractivity contribution in [2.75, 3.05) is 0 Å². The third-order valence-electron chi connectivity index (χ3n) is 1.50. The second-order valence-electron chi connectivity index (χ2n) is 2.25. The Labute approximate surface area is 69.6 Å². The average Bonchev–Trinajstić information content (AvgIpc) is 2.04. The largest absolute Gasteiger partial charge is 0.236 e. The normalized spacial score (nSPS) is 10.3. The van der Waals surface area contributed by atoms with Gasteiger partial charge in [-0.15, -0.1) is 0 Å². The van der Waals surface area contributed by atoms with Gasteiger partial charge in [-0.1, -0.05) is 23.7 Å². The Bertz CT molecular complexity index is 384. The molecule has 0 spiro atoms. The Kier molecular flexibility index (Phi) is 1.51. The molecule has 2 heteroatoms. The fraction of sp³-hybridized carbons (Fsp3) is 0. The lowest BCUT2D eigenvalue weighted by Gasteiger charge is -1.94. The standard InChI is InChI=1S/C9H5ClN/c10-9-6-5-7-3-1-2-4-8(7)11-9/h1,3-6H. The molecular weight excluding hydrogens is 158 g/mol. The maximum atomic E-state index is 5.69. The molecule has 1 heterocycles. The van der Waals surface area contributed by atoms with Crippen molar-refractivity contribution in [1.82, 2.24) is 4.98 Å². The minimum absolute atomic E-state index is 0.525. The molecular formula is C9H5ClN. The molecule has 1 aromatic heterocycles. The van der Waals surface area contributed by atoms with Gasteiger partial charge >= 0.3 is 0 Å². The first kappa shape index (κ1) is 6.62. The van der Waals surface area contributed by atoms with Gasteiger partial charge in [0.2, 0.25) is 0 Å². The van der Waals surface area contributed by atoms with E-state index < -0.39 is 0 Å². The van der Waals surface area contributed by atoms with Crippen LogP contribution in [0, 0.1) is 6.07 Å². The molecule has 0 bridgehead atoms. The monoisotopic (exact) mass is 162 g/mol. The molecule has 11 heavy (non-hydrogen) atoms. The van der Waals surface area contributed by atoms with Crippen LogP contribution in [-0.2, 0) is 0 Å². The molecule has 0 aliphatic rings. The summed E-state index contributed by atoms with van der Waals surface area (Å²) in [5.41, 5.74) is 0.889. The third-order valence-corrected chi connectivity index (χ3v) is 1.71. The number of aromatic nitrogens is 1. The molecule has 0 aliphatic carbocycles. The van der Waals surface area contributed by atoms with Crippen molar-refractivity contribution in [2.45, 2.75) is 0 Å². The first-order valence-electron chi connectivity index (χ1n) is 3.28. The summed E-state index contributed by atoms with van der Waals surface area (Å²) in [6.45, 7) is 0. The number of pyridine rings is 1. The summed E-state index contributed by atoms with van der Waals surface area (Å²) in [5.74, 6) is 0. The van der Waals surface area contributed by atoms with Crippen molar-refractivity contribution in [3.63, 3.8) is 0 Å². The molecule has 2 rings (SSSR count). The van der Waals surface area contributed by atoms with Gasteiger partial charge in [0, 0.05) is 5.39 Å². The summed E-state index contributed by atoms with van der Waals surface area (Å²) in [7, 11) is 0. The van der Waals surface area contributed by atoms with Crippen molar-refractivity contribution in [2.24, 2.45) is 0 Å². The molecule has 0 amide bonds. The second kappa shape index (κ2) is 2.51. The van der Waals surface area contributed by atoms with Crippen molar-refractivity contribution in [3.8, 4) is 0 Å². The zero-order valence-electron chi connectivity index (χ0n) is 5.71. The highest BCUT2D eigenvalue weighted by Crippen LogP contribution is 2.13. The fourth-order valence-corrected chi connectivity index (χ4v) is 1.14. The molecule has 53 valence electrons. The summed E-state index contributed by atoms with van der Waals surface area (Å²) in [6, 6.07) is 12.3. The van der Waals surface area contributed by atoms with E-state index in [1.807, 2.05) is 24.3 Å². The maximum Gasteiger partial charge on any atom is 0.129 e. The smallest absolute Gasteiger partial charge is 0.129 e. The summed E-state index contributed by atoms with van der Waals surface area (Å²) in [6.07, 6.45) is 0. The average molecular weight is 163 g/mol. The summed E-state index contributed by atoms with van der Waals surface area (Å²) in [5, 5.41) is 1.62. The number of benzene rings is 1. The molecule has 0 aliphatic heterocycles. The van der Waals surface area contributed by atoms with Crippen LogP contribution in [-0.4, -0.2) is 4.98 Å². The number of hydrogen-bond donors (Lipinski definition) is 0. The Morgan fingerprint density at radius 3 is 3.09 bits per heavy atom. The fourth-order valence-electron chi connectivity index (χ4n) is 0.982. The van der Waals surface area contributed by atoms with Gasteiger partial charge in [0.15, 0.2) is 0 Å². The van der Waals surface area contributed by atoms with Crippen molar-refractivity contribution >= 4 is 22.5 Å². The first-order valence-corrected chi connectivity index (χ1v) is 3.66. The van der Waals surface area contributed by atoms with E-state index in [1.54, 1.807) is 6.07 Å². The summed E-state index contributed by atoms with van der Waals surface area (Å²) < 4.78 is 0. The minimum Gasteiger partial charge on any atom is -0.236 e. The van der Waals surface area contributed by atoms with Gasteiger partial charge in [0.25, 0.3) is 0 Å². The van der Waals surface area contributed by atoms with E-state index in [-0.39, 0.29) is 0 Å². The highest BCUT2D eigenvalue weighted by molar-refractivity contribution is 6.29. The number of hydrogen-bond acceptors (Lipinski definition) is 1. The van der Waals surface area contributed by atoms with Crippen LogP contribution in [0.25, 0.3) is 10.9 Å². The Balaban J connectivity index is 2.83. The van der Waals surface area contributed by atoms with Crippen molar-refractivity contribution in [3.05, 3.63) is 41.6 Å². The lowest BCUT2D eigenvalue weighted by molar-refractivity contribution is 1.41. The molecule has 0 N–H and O–H groups in total. The van der Waals surface area contributed by atoms with Gasteiger partial charge in [0.05, 0.1) is 5.52 Å². The molecule has 1 radical (unpaired) electrons. The number of rotatable bonds is 0. The molecule has 0 unspecified atom stereocenters. The summed E-state index contributed by atoms with van der Waals surface area (Å²) in [4.78, 5) is 4.11. The molecule has 0 saturated carbocycles. The Morgan fingerprint density at radius 2 is 2.18 bits per heavy atom. The highest BCUT2D eigenvalue weighted by Gasteiger charge is 1.92. The predicted molar refractivity (Wildman–Crippen MR) is 45.6 cm³/mol. The van der Waals surface area contributed by atoms with Crippen LogP contribution in [0.4, 0.5) is 0 Å². The first-order chi connectivity index (χ1) is 5.36. The van der Waals surface area contributed by atoms with Gasteiger partial charge < -0.3 is 0 Å². The van der Waals surface area contributed by atoms with E-state index in [0.717, 1.165) is 10.9 Å².